The molecule has 0 saturated heterocycles. The summed E-state index contributed by atoms with van der Waals surface area (Å²) in [7, 11) is -3.73. The number of amides is 3. The van der Waals surface area contributed by atoms with Crippen LogP contribution in [0.5, 0.6) is 0 Å². The highest BCUT2D eigenvalue weighted by Gasteiger charge is 2.47. The van der Waals surface area contributed by atoms with E-state index in [1.807, 2.05) is 6.92 Å². The number of rotatable bonds is 5. The Labute approximate surface area is 151 Å². The molecule has 0 aromatic carbocycles. The third-order valence-electron chi connectivity index (χ3n) is 4.50. The Morgan fingerprint density at radius 2 is 2.15 bits per heavy atom. The van der Waals surface area contributed by atoms with Crippen LogP contribution in [0.25, 0.3) is 0 Å². The number of allylic oxidation sites excluding steroid dienone is 1. The van der Waals surface area contributed by atoms with Crippen LogP contribution in [0.15, 0.2) is 23.8 Å². The summed E-state index contributed by atoms with van der Waals surface area (Å²) >= 11 is 0. The van der Waals surface area contributed by atoms with E-state index >= 15 is 0 Å². The third-order valence-corrected chi connectivity index (χ3v) is 6.29. The second kappa shape index (κ2) is 6.20. The topological polar surface area (TPSA) is 110 Å². The summed E-state index contributed by atoms with van der Waals surface area (Å²) in [6.45, 7) is 1.27. The molecule has 2 aliphatic carbocycles. The van der Waals surface area contributed by atoms with E-state index in [0.717, 1.165) is 17.7 Å². The molecule has 134 valence electrons. The Morgan fingerprint density at radius 1 is 1.46 bits per heavy atom. The first-order valence-electron chi connectivity index (χ1n) is 7.96. The number of fused-ring (bicyclic) bond motifs is 1. The zero-order valence-electron chi connectivity index (χ0n) is 14.1. The molecule has 1 atom stereocenters. The van der Waals surface area contributed by atoms with Crippen molar-refractivity contribution >= 4 is 27.7 Å². The zero-order chi connectivity index (χ0) is 19.1. The first-order chi connectivity index (χ1) is 12.2. The van der Waals surface area contributed by atoms with Gasteiger partial charge in [0.25, 0.3) is 0 Å². The SMILES string of the molecule is C#CC[N+]1=C2C=CC(S(=O)(=O)NC3(C)CC3)C=C2C(=O)N(CC#N)C1=O. The molecule has 8 nitrogen and oxygen atoms in total. The molecular formula is C17H17N4O4S+. The second-order valence-electron chi connectivity index (χ2n) is 6.62. The normalized spacial score (nSPS) is 23.9. The molecule has 1 unspecified atom stereocenters. The van der Waals surface area contributed by atoms with Crippen molar-refractivity contribution in [2.75, 3.05) is 13.1 Å². The number of imide groups is 1. The smallest absolute Gasteiger partial charge is 0.240 e. The van der Waals surface area contributed by atoms with E-state index in [0.29, 0.717) is 0 Å². The molecule has 0 aromatic rings. The number of carbonyl (C=O) groups is 2. The fraction of sp³-hybridized carbons (Fsp3) is 0.412. The maximum absolute atomic E-state index is 12.6. The van der Waals surface area contributed by atoms with Crippen molar-refractivity contribution in [3.8, 4) is 18.4 Å². The quantitative estimate of drug-likeness (QED) is 0.411. The van der Waals surface area contributed by atoms with E-state index < -0.39 is 39.3 Å². The molecule has 0 radical (unpaired) electrons. The summed E-state index contributed by atoms with van der Waals surface area (Å²) in [5.41, 5.74) is -0.144. The van der Waals surface area contributed by atoms with E-state index in [1.165, 1.54) is 22.8 Å². The van der Waals surface area contributed by atoms with Crippen LogP contribution >= 0.6 is 0 Å². The number of terminal acetylenes is 1. The summed E-state index contributed by atoms with van der Waals surface area (Å²) in [6.07, 6.45) is 10.9. The van der Waals surface area contributed by atoms with E-state index in [9.17, 15) is 18.0 Å². The molecule has 1 aliphatic heterocycles. The molecule has 1 fully saturated rings. The predicted octanol–water partition coefficient (Wildman–Crippen LogP) is -0.104. The van der Waals surface area contributed by atoms with Crippen molar-refractivity contribution < 1.29 is 22.6 Å². The van der Waals surface area contributed by atoms with Gasteiger partial charge in [0, 0.05) is 5.54 Å². The van der Waals surface area contributed by atoms with Crippen LogP contribution < -0.4 is 4.72 Å². The summed E-state index contributed by atoms with van der Waals surface area (Å²) in [5, 5.41) is 7.83. The zero-order valence-corrected chi connectivity index (χ0v) is 14.9. The van der Waals surface area contributed by atoms with Crippen molar-refractivity contribution in [1.29, 1.82) is 5.26 Å². The van der Waals surface area contributed by atoms with Crippen LogP contribution in [0.1, 0.15) is 19.8 Å². The summed E-state index contributed by atoms with van der Waals surface area (Å²) in [5.74, 6) is 1.62. The minimum absolute atomic E-state index is 0.0499. The van der Waals surface area contributed by atoms with E-state index in [1.54, 1.807) is 6.07 Å². The van der Waals surface area contributed by atoms with Crippen molar-refractivity contribution in [2.24, 2.45) is 0 Å². The maximum atomic E-state index is 12.6. The van der Waals surface area contributed by atoms with Crippen LogP contribution in [-0.4, -0.2) is 59.4 Å². The van der Waals surface area contributed by atoms with E-state index in [-0.39, 0.29) is 17.8 Å². The van der Waals surface area contributed by atoms with Gasteiger partial charge in [-0.25, -0.2) is 17.9 Å². The van der Waals surface area contributed by atoms with Crippen LogP contribution in [0, 0.1) is 23.7 Å². The number of hydrogen-bond acceptors (Lipinski definition) is 5. The number of nitriles is 1. The second-order valence-corrected chi connectivity index (χ2v) is 8.46. The average Bonchev–Trinajstić information content (AvgIpc) is 3.31. The molecule has 1 heterocycles. The Balaban J connectivity index is 2.03. The Bertz CT molecular complexity index is 971. The molecule has 3 rings (SSSR count). The molecule has 1 N–H and O–H groups in total. The van der Waals surface area contributed by atoms with Crippen molar-refractivity contribution in [3.05, 3.63) is 23.8 Å². The van der Waals surface area contributed by atoms with E-state index in [4.69, 9.17) is 11.7 Å². The van der Waals surface area contributed by atoms with Gasteiger partial charge in [-0.1, -0.05) is 12.0 Å². The fourth-order valence-electron chi connectivity index (χ4n) is 2.83. The maximum Gasteiger partial charge on any atom is 0.503 e. The Kier molecular flexibility index (Phi) is 4.31. The highest BCUT2D eigenvalue weighted by molar-refractivity contribution is 7.90. The molecule has 3 aliphatic rings. The first kappa shape index (κ1) is 18.1. The Hall–Kier alpha value is -2.75. The number of sulfonamides is 1. The molecule has 9 heteroatoms. The lowest BCUT2D eigenvalue weighted by atomic mass is 9.99. The van der Waals surface area contributed by atoms with Gasteiger partial charge in [-0.15, -0.1) is 11.3 Å². The monoisotopic (exact) mass is 373 g/mol. The van der Waals surface area contributed by atoms with Gasteiger partial charge in [-0.05, 0) is 31.9 Å². The largest absolute Gasteiger partial charge is 0.503 e. The number of carbonyl (C=O) groups excluding carboxylic acids is 2. The number of hydrogen-bond donors (Lipinski definition) is 1. The molecule has 26 heavy (non-hydrogen) atoms. The van der Waals surface area contributed by atoms with Crippen LogP contribution in [0.2, 0.25) is 0 Å². The minimum Gasteiger partial charge on any atom is -0.240 e. The van der Waals surface area contributed by atoms with Gasteiger partial charge < -0.3 is 0 Å². The Morgan fingerprint density at radius 3 is 2.73 bits per heavy atom. The summed E-state index contributed by atoms with van der Waals surface area (Å²) in [4.78, 5) is 25.8. The first-order valence-corrected chi connectivity index (χ1v) is 9.51. The summed E-state index contributed by atoms with van der Waals surface area (Å²) in [6, 6.07) is 1.06. The minimum atomic E-state index is -3.73. The van der Waals surface area contributed by atoms with Gasteiger partial charge in [0.2, 0.25) is 10.0 Å². The van der Waals surface area contributed by atoms with Gasteiger partial charge in [0.1, 0.15) is 22.6 Å². The van der Waals surface area contributed by atoms with Crippen LogP contribution in [0.4, 0.5) is 4.79 Å². The number of nitrogens with zero attached hydrogens (tertiary/aromatic N) is 3. The van der Waals surface area contributed by atoms with Gasteiger partial charge in [-0.2, -0.15) is 14.6 Å². The lowest BCUT2D eigenvalue weighted by molar-refractivity contribution is -0.422. The lowest BCUT2D eigenvalue weighted by Crippen LogP contribution is -2.52. The number of nitrogens with one attached hydrogen (secondary N) is 1. The predicted molar refractivity (Wildman–Crippen MR) is 92.4 cm³/mol. The highest BCUT2D eigenvalue weighted by atomic mass is 32.2. The van der Waals surface area contributed by atoms with Crippen molar-refractivity contribution in [2.45, 2.75) is 30.6 Å². The van der Waals surface area contributed by atoms with Crippen LogP contribution in [-0.2, 0) is 14.8 Å². The highest BCUT2D eigenvalue weighted by Crippen LogP contribution is 2.36. The molecular weight excluding hydrogens is 356 g/mol. The molecule has 0 bridgehead atoms. The van der Waals surface area contributed by atoms with Crippen LogP contribution in [0.3, 0.4) is 0 Å². The van der Waals surface area contributed by atoms with Gasteiger partial charge in [0.05, 0.1) is 0 Å². The van der Waals surface area contributed by atoms with Gasteiger partial charge in [-0.3, -0.25) is 0 Å². The van der Waals surface area contributed by atoms with Crippen molar-refractivity contribution in [3.63, 3.8) is 0 Å². The molecule has 0 aromatic heterocycles. The van der Waals surface area contributed by atoms with Crippen molar-refractivity contribution in [1.82, 2.24) is 9.62 Å². The molecule has 0 spiro atoms. The fourth-order valence-corrected chi connectivity index (χ4v) is 4.45. The van der Waals surface area contributed by atoms with Gasteiger partial charge >= 0.3 is 11.9 Å². The molecule has 3 amide bonds. The van der Waals surface area contributed by atoms with Gasteiger partial charge in [0.15, 0.2) is 13.1 Å². The lowest BCUT2D eigenvalue weighted by Gasteiger charge is -2.25. The standard InChI is InChI=1S/C17H17N4O4S/c1-3-9-20-14-5-4-12(26(24,25)19-17(2)6-7-17)11-13(14)15(22)21(10-8-18)16(20)23/h1,4-5,11-12,19H,6-7,9-10H2,2H3/q+1. The van der Waals surface area contributed by atoms with E-state index in [2.05, 4.69) is 10.6 Å². The average molecular weight is 373 g/mol. The summed E-state index contributed by atoms with van der Waals surface area (Å²) < 4.78 is 29.0. The number of urea groups is 1. The molecule has 1 saturated carbocycles. The third kappa shape index (κ3) is 3.07.